The van der Waals surface area contributed by atoms with Crippen LogP contribution in [0.3, 0.4) is 0 Å². The Balaban J connectivity index is 1.37. The van der Waals surface area contributed by atoms with Crippen LogP contribution in [0.25, 0.3) is 10.9 Å². The van der Waals surface area contributed by atoms with Gasteiger partial charge in [0.1, 0.15) is 12.4 Å². The molecular weight excluding hydrogens is 452 g/mol. The van der Waals surface area contributed by atoms with Gasteiger partial charge in [-0.15, -0.1) is 0 Å². The number of aromatic nitrogens is 1. The summed E-state index contributed by atoms with van der Waals surface area (Å²) < 4.78 is 6.03. The Hall–Kier alpha value is -3.45. The van der Waals surface area contributed by atoms with Crippen LogP contribution in [0.2, 0.25) is 0 Å². The van der Waals surface area contributed by atoms with Crippen molar-refractivity contribution in [1.29, 1.82) is 0 Å². The fraction of sp³-hybridized carbons (Fsp3) is 0.414. The van der Waals surface area contributed by atoms with Crippen molar-refractivity contribution in [2.24, 2.45) is 0 Å². The van der Waals surface area contributed by atoms with E-state index < -0.39 is 0 Å². The molecule has 2 amide bonds. The first-order chi connectivity index (χ1) is 17.4. The summed E-state index contributed by atoms with van der Waals surface area (Å²) in [6.45, 7) is 11.3. The lowest BCUT2D eigenvalue weighted by atomic mass is 10.0. The number of nitrogens with zero attached hydrogens (tertiary/aromatic N) is 4. The van der Waals surface area contributed by atoms with E-state index in [0.29, 0.717) is 25.3 Å². The largest absolute Gasteiger partial charge is 0.491 e. The van der Waals surface area contributed by atoms with E-state index in [4.69, 9.17) is 4.74 Å². The molecule has 0 aliphatic carbocycles. The van der Waals surface area contributed by atoms with E-state index in [1.54, 1.807) is 6.92 Å². The molecule has 3 heterocycles. The van der Waals surface area contributed by atoms with E-state index in [2.05, 4.69) is 41.1 Å². The monoisotopic (exact) mass is 486 g/mol. The third-order valence-corrected chi connectivity index (χ3v) is 7.26. The number of aryl methyl sites for hydroxylation is 2. The molecule has 7 nitrogen and oxygen atoms in total. The van der Waals surface area contributed by atoms with Crippen molar-refractivity contribution in [2.45, 2.75) is 40.3 Å². The summed E-state index contributed by atoms with van der Waals surface area (Å²) >= 11 is 0. The molecule has 2 aliphatic heterocycles. The standard InChI is InChI=1S/C29H34N4O3/c1-4-22-5-7-27-25(17-22)26(15-20(2)30-27)29(35)33-13-14-36-28-8-6-23(16-24(28)19-33)18-31-9-11-32(12-10-31)21(3)34/h5-8,15-17H,4,9-14,18-19H2,1-3H3. The van der Waals surface area contributed by atoms with Gasteiger partial charge >= 0.3 is 0 Å². The van der Waals surface area contributed by atoms with Gasteiger partial charge in [-0.2, -0.15) is 0 Å². The Kier molecular flexibility index (Phi) is 6.92. The van der Waals surface area contributed by atoms with E-state index in [0.717, 1.165) is 67.1 Å². The molecule has 1 aromatic heterocycles. The second-order valence-electron chi connectivity index (χ2n) is 9.82. The van der Waals surface area contributed by atoms with Crippen molar-refractivity contribution in [1.82, 2.24) is 19.7 Å². The Morgan fingerprint density at radius 1 is 0.944 bits per heavy atom. The first-order valence-electron chi connectivity index (χ1n) is 12.8. The number of ether oxygens (including phenoxy) is 1. The summed E-state index contributed by atoms with van der Waals surface area (Å²) in [5, 5.41) is 0.911. The molecule has 7 heteroatoms. The maximum Gasteiger partial charge on any atom is 0.255 e. The molecule has 1 fully saturated rings. The maximum absolute atomic E-state index is 13.8. The number of hydrogen-bond donors (Lipinski definition) is 0. The van der Waals surface area contributed by atoms with Gasteiger partial charge in [0, 0.05) is 62.8 Å². The van der Waals surface area contributed by atoms with Crippen LogP contribution in [0.15, 0.2) is 42.5 Å². The third kappa shape index (κ3) is 5.07. The van der Waals surface area contributed by atoms with Crippen LogP contribution in [-0.2, 0) is 24.3 Å². The lowest BCUT2D eigenvalue weighted by molar-refractivity contribution is -0.130. The van der Waals surface area contributed by atoms with Gasteiger partial charge in [0.05, 0.1) is 17.6 Å². The molecule has 0 radical (unpaired) electrons. The molecule has 0 spiro atoms. The summed E-state index contributed by atoms with van der Waals surface area (Å²) in [6, 6.07) is 14.4. The number of piperazine rings is 1. The van der Waals surface area contributed by atoms with Crippen molar-refractivity contribution < 1.29 is 14.3 Å². The highest BCUT2D eigenvalue weighted by atomic mass is 16.5. The second-order valence-corrected chi connectivity index (χ2v) is 9.82. The molecule has 5 rings (SSSR count). The van der Waals surface area contributed by atoms with E-state index >= 15 is 0 Å². The average molecular weight is 487 g/mol. The Morgan fingerprint density at radius 3 is 2.47 bits per heavy atom. The number of rotatable bonds is 4. The molecule has 1 saturated heterocycles. The minimum Gasteiger partial charge on any atom is -0.491 e. The van der Waals surface area contributed by atoms with Gasteiger partial charge in [-0.05, 0) is 54.8 Å². The third-order valence-electron chi connectivity index (χ3n) is 7.26. The van der Waals surface area contributed by atoms with Gasteiger partial charge in [0.25, 0.3) is 5.91 Å². The summed E-state index contributed by atoms with van der Waals surface area (Å²) in [7, 11) is 0. The van der Waals surface area contributed by atoms with Gasteiger partial charge in [0.15, 0.2) is 0 Å². The molecule has 0 bridgehead atoms. The highest BCUT2D eigenvalue weighted by Gasteiger charge is 2.24. The Morgan fingerprint density at radius 2 is 1.72 bits per heavy atom. The van der Waals surface area contributed by atoms with Crippen molar-refractivity contribution in [3.63, 3.8) is 0 Å². The van der Waals surface area contributed by atoms with Gasteiger partial charge < -0.3 is 14.5 Å². The number of hydrogen-bond acceptors (Lipinski definition) is 5. The SMILES string of the molecule is CCc1ccc2nc(C)cc(C(=O)N3CCOc4ccc(CN5CCN(C(C)=O)CC5)cc4C3)c2c1. The predicted molar refractivity (Wildman–Crippen MR) is 140 cm³/mol. The zero-order valence-corrected chi connectivity index (χ0v) is 21.4. The minimum atomic E-state index is 0.0148. The fourth-order valence-electron chi connectivity index (χ4n) is 5.17. The number of carbonyl (C=O) groups excluding carboxylic acids is 2. The zero-order chi connectivity index (χ0) is 25.2. The topological polar surface area (TPSA) is 66.0 Å². The van der Waals surface area contributed by atoms with E-state index in [9.17, 15) is 9.59 Å². The molecular formula is C29H34N4O3. The highest BCUT2D eigenvalue weighted by Crippen LogP contribution is 2.28. The van der Waals surface area contributed by atoms with Crippen molar-refractivity contribution in [3.05, 3.63) is 70.4 Å². The molecule has 0 N–H and O–H groups in total. The minimum absolute atomic E-state index is 0.0148. The fourth-order valence-corrected chi connectivity index (χ4v) is 5.17. The van der Waals surface area contributed by atoms with Crippen LogP contribution in [0.4, 0.5) is 0 Å². The summed E-state index contributed by atoms with van der Waals surface area (Å²) in [5.74, 6) is 1.00. The van der Waals surface area contributed by atoms with E-state index in [-0.39, 0.29) is 11.8 Å². The smallest absolute Gasteiger partial charge is 0.255 e. The number of carbonyl (C=O) groups is 2. The first kappa shape index (κ1) is 24.3. The number of amides is 2. The molecule has 2 aromatic carbocycles. The van der Waals surface area contributed by atoms with Crippen LogP contribution >= 0.6 is 0 Å². The molecule has 0 atom stereocenters. The molecule has 0 saturated carbocycles. The van der Waals surface area contributed by atoms with Crippen molar-refractivity contribution in [2.75, 3.05) is 39.3 Å². The first-order valence-corrected chi connectivity index (χ1v) is 12.8. The number of pyridine rings is 1. The molecule has 188 valence electrons. The van der Waals surface area contributed by atoms with Crippen LogP contribution in [0.1, 0.15) is 46.6 Å². The highest BCUT2D eigenvalue weighted by molar-refractivity contribution is 6.06. The molecule has 3 aromatic rings. The summed E-state index contributed by atoms with van der Waals surface area (Å²) in [4.78, 5) is 36.3. The predicted octanol–water partition coefficient (Wildman–Crippen LogP) is 3.80. The lowest BCUT2D eigenvalue weighted by Crippen LogP contribution is -2.47. The van der Waals surface area contributed by atoms with E-state index in [1.807, 2.05) is 34.9 Å². The summed E-state index contributed by atoms with van der Waals surface area (Å²) in [5.41, 5.74) is 5.82. The lowest BCUT2D eigenvalue weighted by Gasteiger charge is -2.34. The number of benzene rings is 2. The van der Waals surface area contributed by atoms with Gasteiger partial charge in [0.2, 0.25) is 5.91 Å². The molecule has 36 heavy (non-hydrogen) atoms. The second kappa shape index (κ2) is 10.3. The van der Waals surface area contributed by atoms with Crippen LogP contribution < -0.4 is 4.74 Å². The zero-order valence-electron chi connectivity index (χ0n) is 21.4. The Labute approximate surface area is 212 Å². The van der Waals surface area contributed by atoms with Crippen LogP contribution in [0.5, 0.6) is 5.75 Å². The van der Waals surface area contributed by atoms with Gasteiger partial charge in [-0.3, -0.25) is 19.5 Å². The normalized spacial score (nSPS) is 16.4. The van der Waals surface area contributed by atoms with Crippen LogP contribution in [-0.4, -0.2) is 70.8 Å². The van der Waals surface area contributed by atoms with Crippen LogP contribution in [0, 0.1) is 6.92 Å². The maximum atomic E-state index is 13.8. The average Bonchev–Trinajstić information content (AvgIpc) is 3.10. The van der Waals surface area contributed by atoms with Crippen molar-refractivity contribution >= 4 is 22.7 Å². The van der Waals surface area contributed by atoms with Gasteiger partial charge in [-0.25, -0.2) is 0 Å². The quantitative estimate of drug-likeness (QED) is 0.561. The molecule has 2 aliphatic rings. The Bertz CT molecular complexity index is 1300. The van der Waals surface area contributed by atoms with E-state index in [1.165, 1.54) is 11.1 Å². The summed E-state index contributed by atoms with van der Waals surface area (Å²) in [6.07, 6.45) is 0.912. The number of fused-ring (bicyclic) bond motifs is 2. The molecule has 0 unspecified atom stereocenters. The van der Waals surface area contributed by atoms with Gasteiger partial charge in [-0.1, -0.05) is 19.1 Å². The van der Waals surface area contributed by atoms with Crippen molar-refractivity contribution in [3.8, 4) is 5.75 Å².